The van der Waals surface area contributed by atoms with Crippen molar-refractivity contribution in [2.45, 2.75) is 96.5 Å². The average molecular weight is 252 g/mol. The minimum Gasteiger partial charge on any atom is -0.393 e. The van der Waals surface area contributed by atoms with Crippen molar-refractivity contribution in [1.82, 2.24) is 0 Å². The molecule has 0 bridgehead atoms. The fourth-order valence-corrected chi connectivity index (χ4v) is 4.53. The molecule has 0 spiro atoms. The second-order valence-electron chi connectivity index (χ2n) is 6.89. The van der Waals surface area contributed by atoms with E-state index in [1.807, 2.05) is 0 Å². The molecule has 2 aliphatic rings. The van der Waals surface area contributed by atoms with Gasteiger partial charge in [-0.2, -0.15) is 0 Å². The molecule has 0 aromatic carbocycles. The molecule has 0 atom stereocenters. The van der Waals surface area contributed by atoms with Crippen molar-refractivity contribution in [3.8, 4) is 0 Å². The Bertz CT molecular complexity index is 222. The lowest BCUT2D eigenvalue weighted by Crippen LogP contribution is -2.36. The quantitative estimate of drug-likeness (QED) is 0.677. The second kappa shape index (κ2) is 6.93. The largest absolute Gasteiger partial charge is 0.393 e. The molecule has 0 amide bonds. The van der Waals surface area contributed by atoms with Gasteiger partial charge in [-0.3, -0.25) is 0 Å². The summed E-state index contributed by atoms with van der Waals surface area (Å²) in [5.74, 6) is 0.929. The third-order valence-electron chi connectivity index (χ3n) is 5.69. The SMILES string of the molecule is CCCCCC1(C2CCC(O)CC2)CCCCC1. The first kappa shape index (κ1) is 14.4. The van der Waals surface area contributed by atoms with Crippen LogP contribution in [0, 0.1) is 11.3 Å². The van der Waals surface area contributed by atoms with E-state index in [1.54, 1.807) is 0 Å². The Morgan fingerprint density at radius 1 is 0.944 bits per heavy atom. The Balaban J connectivity index is 1.94. The van der Waals surface area contributed by atoms with Gasteiger partial charge in [0.25, 0.3) is 0 Å². The Morgan fingerprint density at radius 3 is 2.22 bits per heavy atom. The van der Waals surface area contributed by atoms with Crippen molar-refractivity contribution in [3.05, 3.63) is 0 Å². The number of hydrogen-bond acceptors (Lipinski definition) is 1. The lowest BCUT2D eigenvalue weighted by Gasteiger charge is -2.46. The molecule has 0 heterocycles. The van der Waals surface area contributed by atoms with Gasteiger partial charge in [0.2, 0.25) is 0 Å². The van der Waals surface area contributed by atoms with Gasteiger partial charge < -0.3 is 5.11 Å². The normalized spacial score (nSPS) is 32.3. The number of hydrogen-bond donors (Lipinski definition) is 1. The van der Waals surface area contributed by atoms with E-state index < -0.39 is 0 Å². The van der Waals surface area contributed by atoms with Crippen molar-refractivity contribution in [2.24, 2.45) is 11.3 Å². The van der Waals surface area contributed by atoms with Crippen LogP contribution in [-0.2, 0) is 0 Å². The molecule has 2 saturated carbocycles. The van der Waals surface area contributed by atoms with E-state index in [-0.39, 0.29) is 6.10 Å². The van der Waals surface area contributed by atoms with E-state index in [2.05, 4.69) is 6.92 Å². The van der Waals surface area contributed by atoms with Gasteiger partial charge in [-0.25, -0.2) is 0 Å². The van der Waals surface area contributed by atoms with Gasteiger partial charge in [0.1, 0.15) is 0 Å². The zero-order valence-electron chi connectivity index (χ0n) is 12.3. The van der Waals surface area contributed by atoms with Gasteiger partial charge in [-0.1, -0.05) is 45.4 Å². The summed E-state index contributed by atoms with van der Waals surface area (Å²) in [6, 6.07) is 0. The van der Waals surface area contributed by atoms with Gasteiger partial charge in [-0.05, 0) is 56.3 Å². The van der Waals surface area contributed by atoms with Gasteiger partial charge >= 0.3 is 0 Å². The van der Waals surface area contributed by atoms with Gasteiger partial charge in [-0.15, -0.1) is 0 Å². The maximum atomic E-state index is 9.72. The van der Waals surface area contributed by atoms with Crippen molar-refractivity contribution >= 4 is 0 Å². The molecule has 0 radical (unpaired) electrons. The minimum absolute atomic E-state index is 0.0116. The Hall–Kier alpha value is -0.0400. The lowest BCUT2D eigenvalue weighted by atomic mass is 9.59. The van der Waals surface area contributed by atoms with E-state index in [4.69, 9.17) is 0 Å². The first-order valence-electron chi connectivity index (χ1n) is 8.45. The summed E-state index contributed by atoms with van der Waals surface area (Å²) in [5.41, 5.74) is 0.674. The minimum atomic E-state index is 0.0116. The highest BCUT2D eigenvalue weighted by molar-refractivity contribution is 4.91. The molecule has 2 rings (SSSR count). The molecule has 18 heavy (non-hydrogen) atoms. The smallest absolute Gasteiger partial charge is 0.0540 e. The Labute approximate surface area is 113 Å². The molecular weight excluding hydrogens is 220 g/mol. The monoisotopic (exact) mass is 252 g/mol. The number of unbranched alkanes of at least 4 members (excludes halogenated alkanes) is 2. The van der Waals surface area contributed by atoms with Crippen LogP contribution in [0.5, 0.6) is 0 Å². The Morgan fingerprint density at radius 2 is 1.61 bits per heavy atom. The molecule has 106 valence electrons. The van der Waals surface area contributed by atoms with E-state index in [0.29, 0.717) is 5.41 Å². The topological polar surface area (TPSA) is 20.2 Å². The molecule has 1 N–H and O–H groups in total. The van der Waals surface area contributed by atoms with Crippen LogP contribution < -0.4 is 0 Å². The van der Waals surface area contributed by atoms with Crippen molar-refractivity contribution in [2.75, 3.05) is 0 Å². The molecule has 1 nitrogen and oxygen atoms in total. The highest BCUT2D eigenvalue weighted by Gasteiger charge is 2.40. The molecule has 0 aliphatic heterocycles. The maximum Gasteiger partial charge on any atom is 0.0540 e. The van der Waals surface area contributed by atoms with Crippen LogP contribution in [0.1, 0.15) is 90.4 Å². The molecule has 1 heteroatoms. The van der Waals surface area contributed by atoms with Crippen molar-refractivity contribution in [3.63, 3.8) is 0 Å². The summed E-state index contributed by atoms with van der Waals surface area (Å²) >= 11 is 0. The zero-order valence-corrected chi connectivity index (χ0v) is 12.3. The molecular formula is C17H32O. The number of aliphatic hydroxyl groups excluding tert-OH is 1. The van der Waals surface area contributed by atoms with Gasteiger partial charge in [0.15, 0.2) is 0 Å². The summed E-state index contributed by atoms with van der Waals surface area (Å²) in [5, 5.41) is 9.72. The highest BCUT2D eigenvalue weighted by atomic mass is 16.3. The van der Waals surface area contributed by atoms with Crippen LogP contribution in [-0.4, -0.2) is 11.2 Å². The molecule has 2 fully saturated rings. The summed E-state index contributed by atoms with van der Waals surface area (Å²) < 4.78 is 0. The van der Waals surface area contributed by atoms with Crippen LogP contribution in [0.3, 0.4) is 0 Å². The average Bonchev–Trinajstić information content (AvgIpc) is 2.41. The zero-order chi connectivity index (χ0) is 12.8. The molecule has 2 aliphatic carbocycles. The van der Waals surface area contributed by atoms with Crippen molar-refractivity contribution in [1.29, 1.82) is 0 Å². The second-order valence-corrected chi connectivity index (χ2v) is 6.89. The van der Waals surface area contributed by atoms with Crippen LogP contribution in [0.15, 0.2) is 0 Å². The van der Waals surface area contributed by atoms with E-state index in [1.165, 1.54) is 70.6 Å². The van der Waals surface area contributed by atoms with Crippen LogP contribution in [0.25, 0.3) is 0 Å². The van der Waals surface area contributed by atoms with Crippen LogP contribution in [0.2, 0.25) is 0 Å². The standard InChI is InChI=1S/C17H32O/c1-2-3-5-12-17(13-6-4-7-14-17)15-8-10-16(18)11-9-15/h15-16,18H,2-14H2,1H3. The van der Waals surface area contributed by atoms with E-state index in [9.17, 15) is 5.11 Å². The summed E-state index contributed by atoms with van der Waals surface area (Å²) in [6.07, 6.45) is 17.8. The summed E-state index contributed by atoms with van der Waals surface area (Å²) in [7, 11) is 0. The third-order valence-corrected chi connectivity index (χ3v) is 5.69. The molecule has 0 aromatic rings. The van der Waals surface area contributed by atoms with E-state index in [0.717, 1.165) is 18.8 Å². The fourth-order valence-electron chi connectivity index (χ4n) is 4.53. The maximum absolute atomic E-state index is 9.72. The number of aliphatic hydroxyl groups is 1. The molecule has 0 aromatic heterocycles. The lowest BCUT2D eigenvalue weighted by molar-refractivity contribution is 0.0178. The van der Waals surface area contributed by atoms with Crippen LogP contribution in [0.4, 0.5) is 0 Å². The number of rotatable bonds is 5. The summed E-state index contributed by atoms with van der Waals surface area (Å²) in [6.45, 7) is 2.31. The third kappa shape index (κ3) is 3.50. The Kier molecular flexibility index (Phi) is 5.54. The van der Waals surface area contributed by atoms with Gasteiger partial charge in [0.05, 0.1) is 6.10 Å². The first-order chi connectivity index (χ1) is 8.77. The highest BCUT2D eigenvalue weighted by Crippen LogP contribution is 2.51. The fraction of sp³-hybridized carbons (Fsp3) is 1.00. The first-order valence-corrected chi connectivity index (χ1v) is 8.45. The predicted molar refractivity (Wildman–Crippen MR) is 77.6 cm³/mol. The predicted octanol–water partition coefficient (Wildman–Crippen LogP) is 5.07. The molecule has 0 unspecified atom stereocenters. The van der Waals surface area contributed by atoms with Crippen molar-refractivity contribution < 1.29 is 5.11 Å². The molecule has 0 saturated heterocycles. The summed E-state index contributed by atoms with van der Waals surface area (Å²) in [4.78, 5) is 0. The van der Waals surface area contributed by atoms with E-state index >= 15 is 0 Å². The van der Waals surface area contributed by atoms with Gasteiger partial charge in [0, 0.05) is 0 Å². The van der Waals surface area contributed by atoms with Crippen LogP contribution >= 0.6 is 0 Å².